The SMILES string of the molecule is CCn1nc2ccc(F)cc2c1C. The molecule has 13 heavy (non-hydrogen) atoms. The van der Waals surface area contributed by atoms with E-state index in [0.29, 0.717) is 0 Å². The highest BCUT2D eigenvalue weighted by molar-refractivity contribution is 5.81. The molecule has 2 aromatic rings. The summed E-state index contributed by atoms with van der Waals surface area (Å²) in [5.41, 5.74) is 1.89. The van der Waals surface area contributed by atoms with Crippen LogP contribution in [-0.2, 0) is 6.54 Å². The Balaban J connectivity index is 2.77. The van der Waals surface area contributed by atoms with E-state index in [1.165, 1.54) is 12.1 Å². The molecule has 2 rings (SSSR count). The zero-order chi connectivity index (χ0) is 9.42. The Kier molecular flexibility index (Phi) is 1.79. The fourth-order valence-corrected chi connectivity index (χ4v) is 1.54. The van der Waals surface area contributed by atoms with Crippen molar-refractivity contribution < 1.29 is 4.39 Å². The first-order valence-electron chi connectivity index (χ1n) is 4.35. The quantitative estimate of drug-likeness (QED) is 0.656. The predicted octanol–water partition coefficient (Wildman–Crippen LogP) is 2.50. The van der Waals surface area contributed by atoms with Crippen molar-refractivity contribution in [2.45, 2.75) is 20.4 Å². The number of hydrogen-bond acceptors (Lipinski definition) is 1. The van der Waals surface area contributed by atoms with Gasteiger partial charge in [0.05, 0.1) is 5.52 Å². The summed E-state index contributed by atoms with van der Waals surface area (Å²) in [6.45, 7) is 4.80. The summed E-state index contributed by atoms with van der Waals surface area (Å²) in [5, 5.41) is 5.23. The largest absolute Gasteiger partial charge is 0.269 e. The molecule has 0 radical (unpaired) electrons. The van der Waals surface area contributed by atoms with E-state index in [4.69, 9.17) is 0 Å². The highest BCUT2D eigenvalue weighted by atomic mass is 19.1. The van der Waals surface area contributed by atoms with Gasteiger partial charge in [-0.1, -0.05) is 0 Å². The average molecular weight is 178 g/mol. The first kappa shape index (κ1) is 8.23. The minimum Gasteiger partial charge on any atom is -0.269 e. The van der Waals surface area contributed by atoms with E-state index in [-0.39, 0.29) is 5.82 Å². The first-order valence-corrected chi connectivity index (χ1v) is 4.35. The summed E-state index contributed by atoms with van der Waals surface area (Å²) < 4.78 is 14.8. The molecule has 0 aliphatic rings. The van der Waals surface area contributed by atoms with E-state index in [1.807, 2.05) is 18.5 Å². The third-order valence-corrected chi connectivity index (χ3v) is 2.26. The zero-order valence-corrected chi connectivity index (χ0v) is 7.71. The van der Waals surface area contributed by atoms with Crippen LogP contribution in [0.1, 0.15) is 12.6 Å². The normalized spacial score (nSPS) is 11.0. The summed E-state index contributed by atoms with van der Waals surface area (Å²) in [6, 6.07) is 4.68. The Bertz CT molecular complexity index is 445. The smallest absolute Gasteiger partial charge is 0.124 e. The number of benzene rings is 1. The van der Waals surface area contributed by atoms with Crippen LogP contribution in [0.3, 0.4) is 0 Å². The lowest BCUT2D eigenvalue weighted by Gasteiger charge is -1.96. The van der Waals surface area contributed by atoms with Gasteiger partial charge in [0.2, 0.25) is 0 Å². The molecule has 1 aromatic heterocycles. The van der Waals surface area contributed by atoms with E-state index in [1.54, 1.807) is 6.07 Å². The highest BCUT2D eigenvalue weighted by Gasteiger charge is 2.05. The van der Waals surface area contributed by atoms with Crippen LogP contribution in [-0.4, -0.2) is 9.78 Å². The van der Waals surface area contributed by atoms with Gasteiger partial charge in [-0.05, 0) is 32.0 Å². The molecule has 0 saturated heterocycles. The first-order chi connectivity index (χ1) is 6.22. The predicted molar refractivity (Wildman–Crippen MR) is 50.1 cm³/mol. The van der Waals surface area contributed by atoms with Crippen molar-refractivity contribution in [1.29, 1.82) is 0 Å². The Hall–Kier alpha value is -1.38. The third-order valence-electron chi connectivity index (χ3n) is 2.26. The summed E-state index contributed by atoms with van der Waals surface area (Å²) in [7, 11) is 0. The Morgan fingerprint density at radius 1 is 1.46 bits per heavy atom. The molecule has 0 bridgehead atoms. The minimum atomic E-state index is -0.203. The molecule has 1 aromatic carbocycles. The molecule has 0 unspecified atom stereocenters. The lowest BCUT2D eigenvalue weighted by Crippen LogP contribution is -1.97. The second-order valence-corrected chi connectivity index (χ2v) is 3.06. The van der Waals surface area contributed by atoms with E-state index in [9.17, 15) is 4.39 Å². The second-order valence-electron chi connectivity index (χ2n) is 3.06. The maximum Gasteiger partial charge on any atom is 0.124 e. The van der Waals surface area contributed by atoms with Crippen LogP contribution in [0.5, 0.6) is 0 Å². The zero-order valence-electron chi connectivity index (χ0n) is 7.71. The molecule has 1 heterocycles. The number of fused-ring (bicyclic) bond motifs is 1. The molecular formula is C10H11FN2. The Morgan fingerprint density at radius 3 is 2.92 bits per heavy atom. The van der Waals surface area contributed by atoms with Gasteiger partial charge in [-0.25, -0.2) is 4.39 Å². The van der Waals surface area contributed by atoms with Crippen molar-refractivity contribution >= 4 is 10.9 Å². The number of aryl methyl sites for hydroxylation is 2. The summed E-state index contributed by atoms with van der Waals surface area (Å²) in [5.74, 6) is -0.203. The fourth-order valence-electron chi connectivity index (χ4n) is 1.54. The lowest BCUT2D eigenvalue weighted by molar-refractivity contribution is 0.629. The van der Waals surface area contributed by atoms with Crippen LogP contribution in [0.15, 0.2) is 18.2 Å². The third kappa shape index (κ3) is 1.20. The van der Waals surface area contributed by atoms with Gasteiger partial charge in [0.15, 0.2) is 0 Å². The molecule has 0 fully saturated rings. The van der Waals surface area contributed by atoms with Gasteiger partial charge in [0.1, 0.15) is 5.82 Å². The van der Waals surface area contributed by atoms with Gasteiger partial charge < -0.3 is 0 Å². The van der Waals surface area contributed by atoms with Crippen molar-refractivity contribution in [3.8, 4) is 0 Å². The maximum absolute atomic E-state index is 12.9. The van der Waals surface area contributed by atoms with Crippen molar-refractivity contribution in [2.24, 2.45) is 0 Å². The molecule has 0 aliphatic heterocycles. The molecule has 0 amide bonds. The van der Waals surface area contributed by atoms with Gasteiger partial charge >= 0.3 is 0 Å². The van der Waals surface area contributed by atoms with Gasteiger partial charge in [-0.3, -0.25) is 4.68 Å². The molecule has 0 atom stereocenters. The highest BCUT2D eigenvalue weighted by Crippen LogP contribution is 2.18. The second kappa shape index (κ2) is 2.83. The van der Waals surface area contributed by atoms with E-state index < -0.39 is 0 Å². The Labute approximate surface area is 76.0 Å². The number of aromatic nitrogens is 2. The fraction of sp³-hybridized carbons (Fsp3) is 0.300. The molecular weight excluding hydrogens is 167 g/mol. The van der Waals surface area contributed by atoms with Gasteiger partial charge in [-0.2, -0.15) is 5.10 Å². The summed E-state index contributed by atoms with van der Waals surface area (Å²) >= 11 is 0. The van der Waals surface area contributed by atoms with Crippen LogP contribution in [0, 0.1) is 12.7 Å². The molecule has 0 spiro atoms. The van der Waals surface area contributed by atoms with Crippen LogP contribution < -0.4 is 0 Å². The minimum absolute atomic E-state index is 0.203. The van der Waals surface area contributed by atoms with Crippen molar-refractivity contribution in [3.63, 3.8) is 0 Å². The van der Waals surface area contributed by atoms with E-state index in [0.717, 1.165) is 23.1 Å². The lowest BCUT2D eigenvalue weighted by atomic mass is 10.2. The van der Waals surface area contributed by atoms with E-state index in [2.05, 4.69) is 5.10 Å². The average Bonchev–Trinajstić information content (AvgIpc) is 2.44. The maximum atomic E-state index is 12.9. The number of nitrogens with zero attached hydrogens (tertiary/aromatic N) is 2. The Morgan fingerprint density at radius 2 is 2.23 bits per heavy atom. The number of hydrogen-bond donors (Lipinski definition) is 0. The number of halogens is 1. The van der Waals surface area contributed by atoms with Crippen LogP contribution in [0.2, 0.25) is 0 Å². The van der Waals surface area contributed by atoms with Gasteiger partial charge in [0, 0.05) is 17.6 Å². The van der Waals surface area contributed by atoms with Crippen LogP contribution >= 0.6 is 0 Å². The molecule has 0 saturated carbocycles. The monoisotopic (exact) mass is 178 g/mol. The molecule has 0 aliphatic carbocycles. The van der Waals surface area contributed by atoms with Crippen molar-refractivity contribution in [1.82, 2.24) is 9.78 Å². The van der Waals surface area contributed by atoms with Gasteiger partial charge in [0.25, 0.3) is 0 Å². The topological polar surface area (TPSA) is 17.8 Å². The standard InChI is InChI=1S/C10H11FN2/c1-3-13-7(2)9-6-8(11)4-5-10(9)12-13/h4-6H,3H2,1-2H3. The van der Waals surface area contributed by atoms with Crippen molar-refractivity contribution in [2.75, 3.05) is 0 Å². The van der Waals surface area contributed by atoms with Crippen LogP contribution in [0.25, 0.3) is 10.9 Å². The van der Waals surface area contributed by atoms with Gasteiger partial charge in [-0.15, -0.1) is 0 Å². The van der Waals surface area contributed by atoms with Crippen molar-refractivity contribution in [3.05, 3.63) is 29.7 Å². The molecule has 68 valence electrons. The molecule has 2 nitrogen and oxygen atoms in total. The molecule has 0 N–H and O–H groups in total. The number of rotatable bonds is 1. The van der Waals surface area contributed by atoms with E-state index >= 15 is 0 Å². The molecule has 3 heteroatoms. The van der Waals surface area contributed by atoms with Crippen LogP contribution in [0.4, 0.5) is 4.39 Å². The summed E-state index contributed by atoms with van der Waals surface area (Å²) in [6.07, 6.45) is 0. The summed E-state index contributed by atoms with van der Waals surface area (Å²) in [4.78, 5) is 0.